The molecule has 0 saturated carbocycles. The van der Waals surface area contributed by atoms with Crippen LogP contribution in [0.3, 0.4) is 0 Å². The molecule has 2 aliphatic heterocycles. The topological polar surface area (TPSA) is 32.3 Å². The molecule has 3 heteroatoms. The molecule has 1 saturated heterocycles. The van der Waals surface area contributed by atoms with E-state index in [1.54, 1.807) is 0 Å². The summed E-state index contributed by atoms with van der Waals surface area (Å²) < 4.78 is 0. The second-order valence-electron chi connectivity index (χ2n) is 7.59. The number of nitrogens with one attached hydrogen (secondary N) is 1. The third-order valence-electron chi connectivity index (χ3n) is 5.74. The minimum atomic E-state index is -0.404. The number of hydrogen-bond acceptors (Lipinski definition) is 2. The van der Waals surface area contributed by atoms with Gasteiger partial charge in [-0.1, -0.05) is 66.2 Å². The average Bonchev–Trinajstić information content (AvgIpc) is 2.97. The predicted molar refractivity (Wildman–Crippen MR) is 106 cm³/mol. The number of carbonyl (C=O) groups excluding carboxylic acids is 1. The fraction of sp³-hybridized carbons (Fsp3) is 0.348. The van der Waals surface area contributed by atoms with Gasteiger partial charge in [-0.25, -0.2) is 0 Å². The third-order valence-corrected chi connectivity index (χ3v) is 5.74. The van der Waals surface area contributed by atoms with Crippen LogP contribution in [-0.2, 0) is 17.8 Å². The normalized spacial score (nSPS) is 23.6. The second kappa shape index (κ2) is 7.08. The third kappa shape index (κ3) is 3.19. The van der Waals surface area contributed by atoms with E-state index < -0.39 is 5.54 Å². The van der Waals surface area contributed by atoms with Crippen molar-refractivity contribution in [3.05, 3.63) is 76.9 Å². The second-order valence-corrected chi connectivity index (χ2v) is 7.59. The number of carbonyl (C=O) groups is 1. The molecule has 2 aliphatic rings. The van der Waals surface area contributed by atoms with Crippen LogP contribution in [0.5, 0.6) is 0 Å². The van der Waals surface area contributed by atoms with Crippen molar-refractivity contribution in [2.75, 3.05) is 13.1 Å². The zero-order valence-electron chi connectivity index (χ0n) is 15.4. The van der Waals surface area contributed by atoms with E-state index in [-0.39, 0.29) is 5.91 Å². The van der Waals surface area contributed by atoms with E-state index in [4.69, 9.17) is 0 Å². The summed E-state index contributed by atoms with van der Waals surface area (Å²) in [6.45, 7) is 4.63. The van der Waals surface area contributed by atoms with Crippen LogP contribution in [0.2, 0.25) is 0 Å². The van der Waals surface area contributed by atoms with Crippen LogP contribution >= 0.6 is 0 Å². The van der Waals surface area contributed by atoms with Crippen LogP contribution in [0.4, 0.5) is 0 Å². The summed E-state index contributed by atoms with van der Waals surface area (Å²) in [6, 6.07) is 18.9. The first-order valence-corrected chi connectivity index (χ1v) is 9.50. The van der Waals surface area contributed by atoms with Crippen LogP contribution in [0, 0.1) is 0 Å². The van der Waals surface area contributed by atoms with Gasteiger partial charge in [0, 0.05) is 19.5 Å². The van der Waals surface area contributed by atoms with E-state index in [2.05, 4.69) is 71.7 Å². The maximum absolute atomic E-state index is 13.1. The summed E-state index contributed by atoms with van der Waals surface area (Å²) in [5, 5.41) is 3.19. The number of rotatable bonds is 3. The summed E-state index contributed by atoms with van der Waals surface area (Å²) in [6.07, 6.45) is 5.06. The molecule has 0 aromatic heterocycles. The quantitative estimate of drug-likeness (QED) is 0.917. The molecule has 0 bridgehead atoms. The van der Waals surface area contributed by atoms with Gasteiger partial charge in [-0.3, -0.25) is 9.69 Å². The molecule has 1 atom stereocenters. The molecule has 134 valence electrons. The highest BCUT2D eigenvalue weighted by Gasteiger charge is 2.48. The van der Waals surface area contributed by atoms with Crippen LogP contribution in [0.15, 0.2) is 60.2 Å². The molecule has 4 rings (SSSR count). The molecule has 3 nitrogen and oxygen atoms in total. The van der Waals surface area contributed by atoms with Gasteiger partial charge in [0.05, 0.1) is 0 Å². The molecule has 1 N–H and O–H groups in total. The van der Waals surface area contributed by atoms with Crippen LogP contribution in [0.1, 0.15) is 36.5 Å². The fourth-order valence-corrected chi connectivity index (χ4v) is 4.44. The lowest BCUT2D eigenvalue weighted by molar-refractivity contribution is -0.131. The molecule has 0 aliphatic carbocycles. The summed E-state index contributed by atoms with van der Waals surface area (Å²) in [5.41, 5.74) is 4.67. The Labute approximate surface area is 155 Å². The summed E-state index contributed by atoms with van der Waals surface area (Å²) in [5.74, 6) is 0.193. The molecular formula is C23H26N2O. The monoisotopic (exact) mass is 346 g/mol. The Hall–Kier alpha value is -2.39. The van der Waals surface area contributed by atoms with Gasteiger partial charge in [0.15, 0.2) is 0 Å². The molecule has 1 unspecified atom stereocenters. The Morgan fingerprint density at radius 3 is 2.65 bits per heavy atom. The first-order valence-electron chi connectivity index (χ1n) is 9.50. The number of fused-ring (bicyclic) bond motifs is 1. The summed E-state index contributed by atoms with van der Waals surface area (Å²) >= 11 is 0. The maximum atomic E-state index is 13.1. The number of amides is 1. The van der Waals surface area contributed by atoms with Gasteiger partial charge in [0.25, 0.3) is 0 Å². The Balaban J connectivity index is 1.61. The van der Waals surface area contributed by atoms with Gasteiger partial charge in [0.2, 0.25) is 5.91 Å². The summed E-state index contributed by atoms with van der Waals surface area (Å²) in [4.78, 5) is 15.5. The Morgan fingerprint density at radius 1 is 1.12 bits per heavy atom. The van der Waals surface area contributed by atoms with E-state index in [0.717, 1.165) is 32.4 Å². The smallest absolute Gasteiger partial charge is 0.241 e. The lowest BCUT2D eigenvalue weighted by Crippen LogP contribution is -2.56. The standard InChI is InChI=1S/C23H26N2O/c1-18(14-19-8-3-2-4-9-19)17-25-13-7-12-23(25)15-20-10-5-6-11-21(20)16-24-22(23)26/h2-6,8-11,14H,7,12-13,15-17H2,1H3,(H,24,26)/b18-14+. The molecule has 26 heavy (non-hydrogen) atoms. The molecule has 1 spiro atoms. The molecule has 2 aromatic carbocycles. The van der Waals surface area contributed by atoms with Crippen LogP contribution < -0.4 is 5.32 Å². The first-order chi connectivity index (χ1) is 12.7. The molecule has 1 fully saturated rings. The largest absolute Gasteiger partial charge is 0.350 e. The summed E-state index contributed by atoms with van der Waals surface area (Å²) in [7, 11) is 0. The van der Waals surface area contributed by atoms with E-state index >= 15 is 0 Å². The van der Waals surface area contributed by atoms with Crippen molar-refractivity contribution in [3.8, 4) is 0 Å². The molecule has 1 amide bonds. The van der Waals surface area contributed by atoms with Crippen molar-refractivity contribution in [2.45, 2.75) is 38.3 Å². The highest BCUT2D eigenvalue weighted by Crippen LogP contribution is 2.36. The predicted octanol–water partition coefficient (Wildman–Crippen LogP) is 3.80. The minimum absolute atomic E-state index is 0.193. The number of hydrogen-bond donors (Lipinski definition) is 1. The lowest BCUT2D eigenvalue weighted by atomic mass is 9.86. The van der Waals surface area contributed by atoms with Crippen LogP contribution in [0.25, 0.3) is 6.08 Å². The maximum Gasteiger partial charge on any atom is 0.241 e. The lowest BCUT2D eigenvalue weighted by Gasteiger charge is -2.36. The van der Waals surface area contributed by atoms with E-state index in [1.807, 2.05) is 6.07 Å². The van der Waals surface area contributed by atoms with E-state index in [0.29, 0.717) is 6.54 Å². The van der Waals surface area contributed by atoms with Crippen LogP contribution in [-0.4, -0.2) is 29.4 Å². The van der Waals surface area contributed by atoms with E-state index in [9.17, 15) is 4.79 Å². The SMILES string of the molecule is C/C(=C\c1ccccc1)CN1CCCC12Cc1ccccc1CNC2=O. The van der Waals surface area contributed by atoms with Gasteiger partial charge in [0.1, 0.15) is 5.54 Å². The van der Waals surface area contributed by atoms with Crippen molar-refractivity contribution >= 4 is 12.0 Å². The number of benzene rings is 2. The molecule has 2 aromatic rings. The zero-order chi connectivity index (χ0) is 18.0. The van der Waals surface area contributed by atoms with Gasteiger partial charge >= 0.3 is 0 Å². The van der Waals surface area contributed by atoms with Gasteiger partial charge in [-0.2, -0.15) is 0 Å². The van der Waals surface area contributed by atoms with Crippen molar-refractivity contribution in [1.82, 2.24) is 10.2 Å². The average molecular weight is 346 g/mol. The fourth-order valence-electron chi connectivity index (χ4n) is 4.44. The number of nitrogens with zero attached hydrogens (tertiary/aromatic N) is 1. The van der Waals surface area contributed by atoms with E-state index in [1.165, 1.54) is 22.3 Å². The van der Waals surface area contributed by atoms with Gasteiger partial charge in [-0.15, -0.1) is 0 Å². The van der Waals surface area contributed by atoms with Crippen molar-refractivity contribution in [3.63, 3.8) is 0 Å². The Bertz CT molecular complexity index is 827. The van der Waals surface area contributed by atoms with Crippen molar-refractivity contribution in [1.29, 1.82) is 0 Å². The van der Waals surface area contributed by atoms with Crippen molar-refractivity contribution < 1.29 is 4.79 Å². The Kier molecular flexibility index (Phi) is 4.64. The molecule has 2 heterocycles. The first kappa shape index (κ1) is 17.0. The number of likely N-dealkylation sites (tertiary alicyclic amines) is 1. The highest BCUT2D eigenvalue weighted by molar-refractivity contribution is 5.88. The molecule has 0 radical (unpaired) electrons. The Morgan fingerprint density at radius 2 is 1.85 bits per heavy atom. The van der Waals surface area contributed by atoms with Gasteiger partial charge in [-0.05, 0) is 43.0 Å². The highest BCUT2D eigenvalue weighted by atomic mass is 16.2. The minimum Gasteiger partial charge on any atom is -0.350 e. The molecular weight excluding hydrogens is 320 g/mol. The zero-order valence-corrected chi connectivity index (χ0v) is 15.4. The van der Waals surface area contributed by atoms with Gasteiger partial charge < -0.3 is 5.32 Å². The van der Waals surface area contributed by atoms with Crippen molar-refractivity contribution in [2.24, 2.45) is 0 Å².